The average Bonchev–Trinajstić information content (AvgIpc) is 1.48. The van der Waals surface area contributed by atoms with E-state index in [4.69, 9.17) is 116 Å². The number of anilines is 6. The van der Waals surface area contributed by atoms with Crippen molar-refractivity contribution in [2.45, 2.75) is 180 Å². The van der Waals surface area contributed by atoms with E-state index in [2.05, 4.69) is 73.5 Å². The number of nitrogens with one attached hydrogen (secondary N) is 4. The summed E-state index contributed by atoms with van der Waals surface area (Å²) in [4.78, 5) is 32.4. The zero-order valence-electron chi connectivity index (χ0n) is 63.4. The van der Waals surface area contributed by atoms with Gasteiger partial charge < -0.3 is 43.6 Å². The summed E-state index contributed by atoms with van der Waals surface area (Å²) in [6, 6.07) is 10.3. The highest BCUT2D eigenvalue weighted by molar-refractivity contribution is 9.11. The van der Waals surface area contributed by atoms with Crippen molar-refractivity contribution in [3.8, 4) is 11.4 Å². The number of aryl methyl sites for hydroxylation is 8. The Bertz CT molecular complexity index is 5050. The van der Waals surface area contributed by atoms with Gasteiger partial charge in [0.05, 0.1) is 101 Å². The third-order valence-corrected chi connectivity index (χ3v) is 22.8. The standard InChI is InChI=1S/C13H13BrClFN4.C13H14ClFN4.C12H13ClFNO.C12H13ClFNS.C7H6BrClFN.C7H5ClFNO2.C7H7ClFN.C4H9NO2.CH4/c1-5-7(14)9(16)8(15)10-11(5)20-6(2)18-19-12(20)13(3,4)17-10;1-6-5-8(15)9(14)10-11(6)19-7(2)17-18-12(19)13(3,4)16-10;2*1-6-4-8(14)10(13)11-7(6)5-9(16)12(2,3)15-11;1-3-2-4(10)6(9)5(8)7(3)11;1-4-2-6(9)5(8)3-7(4)10(11)12;1-4-2-6(9)5(8)3-7(4)10;1-4(2,5)3(6)7;/h17H,1-4H3;5,16H,1-4H3;2*4,15H,5H2,1-3H3;2H,11H2,1H3;2-3H,1H3;2-3H,10H2,1H3;5H2,1-2H3,(H,6,7);1H4. The molecule has 0 radical (unpaired) electrons. The molecule has 0 aliphatic carbocycles. The largest absolute Gasteiger partial charge is 0.480 e. The fourth-order valence-corrected chi connectivity index (χ4v) is 13.7. The zero-order chi connectivity index (χ0) is 84.6. The number of nitro groups is 1. The summed E-state index contributed by atoms with van der Waals surface area (Å²) in [7, 11) is 0. The Morgan fingerprint density at radius 2 is 0.902 bits per heavy atom. The maximum absolute atomic E-state index is 14.2. The molecule has 11 N–H and O–H groups in total. The first kappa shape index (κ1) is 95.3. The molecule has 13 rings (SSSR count). The summed E-state index contributed by atoms with van der Waals surface area (Å²) in [5.41, 5.74) is 24.6. The lowest BCUT2D eigenvalue weighted by molar-refractivity contribution is -0.385. The highest BCUT2D eigenvalue weighted by Gasteiger charge is 2.40. The first-order valence-electron chi connectivity index (χ1n) is 33.2. The van der Waals surface area contributed by atoms with Crippen molar-refractivity contribution in [1.29, 1.82) is 0 Å². The minimum Gasteiger partial charge on any atom is -0.480 e. The SMILES string of the molecule is C.CC(C)(N)C(=O)O.Cc1c(Br)c(F)c(Cl)c2c1-n1c(C)nnc1C(C)(C)N2.Cc1cc(F)c(Cl)c(Br)c1N.Cc1cc(F)c(Cl)c2c1-n1c(C)nnc1C(C)(C)N2.Cc1cc(F)c(Cl)c2c1CC(=O)C(C)(C)N2.Cc1cc(F)c(Cl)c2c1CC(=S)C(C)(C)N2.Cc1cc(F)c(Cl)cc1N.Cc1cc(F)c(Cl)cc1[N+](=O)[O-]. The second-order valence-electron chi connectivity index (χ2n) is 28.9. The molecule has 4 aliphatic rings. The predicted octanol–water partition coefficient (Wildman–Crippen LogP) is 23.1. The zero-order valence-corrected chi connectivity index (χ0v) is 72.7. The topological polar surface area (TPSA) is 285 Å². The number of thiocarbonyl (C=S) groups is 1. The van der Waals surface area contributed by atoms with Gasteiger partial charge in [0.1, 0.15) is 62.1 Å². The molecule has 36 heteroatoms. The third kappa shape index (κ3) is 21.0. The number of aliphatic carboxylic acids is 1. The number of benzene rings is 7. The molecular formula is C76H84Br2Cl7F7N14O5S. The van der Waals surface area contributed by atoms with Gasteiger partial charge in [-0.1, -0.05) is 101 Å². The molecule has 0 saturated carbocycles. The minimum absolute atomic E-state index is 0. The summed E-state index contributed by atoms with van der Waals surface area (Å²) < 4.78 is 97.7. The number of nitrogens with two attached hydrogens (primary N) is 3. The molecule has 0 bridgehead atoms. The number of nitrogen functional groups attached to an aromatic ring is 2. The van der Waals surface area contributed by atoms with E-state index in [1.165, 1.54) is 57.2 Å². The summed E-state index contributed by atoms with van der Waals surface area (Å²) >= 11 is 52.2. The second kappa shape index (κ2) is 36.7. The number of carboxylic acid groups (broad SMARTS) is 1. The van der Waals surface area contributed by atoms with E-state index in [1.54, 1.807) is 34.6 Å². The van der Waals surface area contributed by atoms with Crippen LogP contribution in [-0.4, -0.2) is 72.8 Å². The molecule has 7 aromatic carbocycles. The molecule has 0 fully saturated rings. The van der Waals surface area contributed by atoms with Crippen LogP contribution in [0, 0.1) is 113 Å². The Balaban J connectivity index is 0.000000233. The fraction of sp³-hybridized carbons (Fsp3) is 0.355. The predicted molar refractivity (Wildman–Crippen MR) is 450 cm³/mol. The highest BCUT2D eigenvalue weighted by Crippen LogP contribution is 2.48. The number of carboxylic acids is 1. The maximum atomic E-state index is 14.2. The molecule has 0 amide bonds. The first-order valence-corrected chi connectivity index (χ1v) is 37.9. The normalized spacial score (nSPS) is 14.2. The van der Waals surface area contributed by atoms with E-state index in [0.29, 0.717) is 67.0 Å². The van der Waals surface area contributed by atoms with Crippen LogP contribution in [0.4, 0.5) is 70.5 Å². The number of hydrogen-bond acceptors (Lipinski definition) is 16. The summed E-state index contributed by atoms with van der Waals surface area (Å²) in [6.45, 7) is 34.2. The van der Waals surface area contributed by atoms with Gasteiger partial charge in [0.25, 0.3) is 5.69 Å². The molecular weight excluding hydrogens is 1760 g/mol. The molecule has 0 unspecified atom stereocenters. The lowest BCUT2D eigenvalue weighted by Gasteiger charge is -2.36. The van der Waals surface area contributed by atoms with Crippen LogP contribution in [0.15, 0.2) is 57.5 Å². The highest BCUT2D eigenvalue weighted by atomic mass is 79.9. The van der Waals surface area contributed by atoms with E-state index in [0.717, 1.165) is 85.1 Å². The van der Waals surface area contributed by atoms with Crippen molar-refractivity contribution in [3.63, 3.8) is 0 Å². The number of nitro benzene ring substituents is 1. The van der Waals surface area contributed by atoms with E-state index >= 15 is 0 Å². The first-order chi connectivity index (χ1) is 50.8. The van der Waals surface area contributed by atoms with E-state index < -0.39 is 68.0 Å². The van der Waals surface area contributed by atoms with Crippen LogP contribution in [0.3, 0.4) is 0 Å². The Hall–Kier alpha value is -7.29. The number of hydrogen-bond donors (Lipinski definition) is 8. The molecule has 6 heterocycles. The number of carbonyl (C=O) groups is 2. The van der Waals surface area contributed by atoms with Crippen LogP contribution < -0.4 is 38.5 Å². The fourth-order valence-electron chi connectivity index (χ4n) is 11.2. The van der Waals surface area contributed by atoms with E-state index in [-0.39, 0.29) is 71.0 Å². The molecule has 112 heavy (non-hydrogen) atoms. The minimum atomic E-state index is -1.08. The number of nitrogens with zero attached hydrogens (tertiary/aromatic N) is 7. The number of rotatable bonds is 2. The van der Waals surface area contributed by atoms with Gasteiger partial charge in [-0.2, -0.15) is 0 Å². The van der Waals surface area contributed by atoms with Gasteiger partial charge in [0.2, 0.25) is 0 Å². The van der Waals surface area contributed by atoms with Gasteiger partial charge in [-0.3, -0.25) is 28.8 Å². The van der Waals surface area contributed by atoms with E-state index in [9.17, 15) is 50.4 Å². The third-order valence-electron chi connectivity index (χ3n) is 17.7. The number of ketones is 1. The average molecular weight is 1850 g/mol. The molecule has 19 nitrogen and oxygen atoms in total. The number of Topliss-reactive ketones (excluding diaryl/α,β-unsaturated/α-hetero) is 1. The van der Waals surface area contributed by atoms with Crippen LogP contribution in [0.1, 0.15) is 150 Å². The Morgan fingerprint density at radius 3 is 1.35 bits per heavy atom. The molecule has 2 aromatic heterocycles. The molecule has 0 saturated heterocycles. The molecule has 0 spiro atoms. The summed E-state index contributed by atoms with van der Waals surface area (Å²) in [5.74, 6) is -1.04. The monoisotopic (exact) mass is 1840 g/mol. The summed E-state index contributed by atoms with van der Waals surface area (Å²) in [5, 5.41) is 48.2. The number of carbonyl (C=O) groups excluding carboxylic acids is 1. The van der Waals surface area contributed by atoms with Crippen molar-refractivity contribution >= 4 is 182 Å². The van der Waals surface area contributed by atoms with Crippen LogP contribution in [0.2, 0.25) is 35.2 Å². The van der Waals surface area contributed by atoms with Gasteiger partial charge in [0.15, 0.2) is 23.2 Å². The summed E-state index contributed by atoms with van der Waals surface area (Å²) in [6.07, 6.45) is 0.984. The van der Waals surface area contributed by atoms with Gasteiger partial charge in [-0.25, -0.2) is 30.7 Å². The van der Waals surface area contributed by atoms with Crippen LogP contribution in [-0.2, 0) is 33.5 Å². The molecule has 606 valence electrons. The van der Waals surface area contributed by atoms with Crippen LogP contribution >= 0.6 is 125 Å². The Kier molecular flexibility index (Phi) is 31.2. The van der Waals surface area contributed by atoms with Gasteiger partial charge in [0, 0.05) is 35.0 Å². The van der Waals surface area contributed by atoms with Gasteiger partial charge in [-0.15, -0.1) is 20.4 Å². The quantitative estimate of drug-likeness (QED) is 0.0199. The number of aromatic nitrogens is 6. The molecule has 4 aliphatic heterocycles. The number of fused-ring (bicyclic) bond motifs is 8. The second-order valence-corrected chi connectivity index (χ2v) is 33.7. The van der Waals surface area contributed by atoms with Crippen molar-refractivity contribution in [2.75, 3.05) is 32.7 Å². The maximum Gasteiger partial charge on any atom is 0.323 e. The van der Waals surface area contributed by atoms with Crippen molar-refractivity contribution in [1.82, 2.24) is 29.5 Å². The van der Waals surface area contributed by atoms with E-state index in [1.807, 2.05) is 85.3 Å². The Morgan fingerprint density at radius 1 is 0.536 bits per heavy atom. The van der Waals surface area contributed by atoms with Crippen molar-refractivity contribution in [3.05, 3.63) is 217 Å². The van der Waals surface area contributed by atoms with Crippen LogP contribution in [0.5, 0.6) is 0 Å². The van der Waals surface area contributed by atoms with Crippen molar-refractivity contribution < 1.29 is 50.4 Å². The lowest BCUT2D eigenvalue weighted by atomic mass is 9.86. The van der Waals surface area contributed by atoms with Crippen molar-refractivity contribution in [2.24, 2.45) is 5.73 Å². The molecule has 0 atom stereocenters. The smallest absolute Gasteiger partial charge is 0.323 e. The Labute approximate surface area is 702 Å². The molecule has 9 aromatic rings. The van der Waals surface area contributed by atoms with Gasteiger partial charge >= 0.3 is 5.97 Å². The van der Waals surface area contributed by atoms with Crippen LogP contribution in [0.25, 0.3) is 11.4 Å². The van der Waals surface area contributed by atoms with Gasteiger partial charge in [-0.05, 0) is 250 Å². The number of halogens is 16. The lowest BCUT2D eigenvalue weighted by Crippen LogP contribution is -2.45.